The molecule has 176 valence electrons. The van der Waals surface area contributed by atoms with Gasteiger partial charge in [-0.2, -0.15) is 5.26 Å². The van der Waals surface area contributed by atoms with Crippen molar-refractivity contribution in [1.29, 1.82) is 5.26 Å². The quantitative estimate of drug-likeness (QED) is 0.512. The normalized spacial score (nSPS) is 21.4. The molecule has 0 aromatic heterocycles. The first-order valence-electron chi connectivity index (χ1n) is 11.3. The molecule has 2 amide bonds. The number of nitriles is 1. The van der Waals surface area contributed by atoms with E-state index in [-0.39, 0.29) is 11.8 Å². The maximum atomic E-state index is 13.5. The summed E-state index contributed by atoms with van der Waals surface area (Å²) >= 11 is 0. The van der Waals surface area contributed by atoms with E-state index in [0.29, 0.717) is 50.0 Å². The zero-order valence-corrected chi connectivity index (χ0v) is 19.7. The molecule has 1 aromatic carbocycles. The van der Waals surface area contributed by atoms with Gasteiger partial charge >= 0.3 is 5.97 Å². The van der Waals surface area contributed by atoms with Crippen LogP contribution in [-0.2, 0) is 19.1 Å². The van der Waals surface area contributed by atoms with Gasteiger partial charge in [-0.05, 0) is 44.0 Å². The van der Waals surface area contributed by atoms with Crippen molar-refractivity contribution in [3.63, 3.8) is 0 Å². The lowest BCUT2D eigenvalue weighted by atomic mass is 9.91. The largest absolute Gasteiger partial charge is 0.456 e. The molecule has 0 aliphatic carbocycles. The van der Waals surface area contributed by atoms with E-state index < -0.39 is 28.8 Å². The molecule has 2 aliphatic heterocycles. The number of rotatable bonds is 4. The second-order valence-corrected chi connectivity index (χ2v) is 10.00. The molecule has 3 rings (SSSR count). The van der Waals surface area contributed by atoms with Crippen molar-refractivity contribution in [3.8, 4) is 6.07 Å². The average molecular weight is 454 g/mol. The number of Topliss-reactive ketones (excluding diaryl/α,β-unsaturated/α-hetero) is 1. The van der Waals surface area contributed by atoms with E-state index in [0.717, 1.165) is 6.42 Å². The first-order chi connectivity index (χ1) is 15.5. The SMILES string of the molecule is CC(C)(C)C(=O)C(=O)OC1CCN(C(=O)[C@]2(C)CCCN2C(=O)c2ccc(C#N)cc2)CC1. The minimum absolute atomic E-state index is 0.113. The minimum Gasteiger partial charge on any atom is -0.456 e. The molecule has 1 atom stereocenters. The molecular weight excluding hydrogens is 422 g/mol. The van der Waals surface area contributed by atoms with Gasteiger partial charge in [0.25, 0.3) is 5.91 Å². The Morgan fingerprint density at radius 2 is 1.67 bits per heavy atom. The van der Waals surface area contributed by atoms with E-state index in [1.54, 1.807) is 61.8 Å². The maximum Gasteiger partial charge on any atom is 0.375 e. The number of hydrogen-bond acceptors (Lipinski definition) is 6. The lowest BCUT2D eigenvalue weighted by molar-refractivity contribution is -0.163. The Kier molecular flexibility index (Phi) is 6.92. The van der Waals surface area contributed by atoms with Gasteiger partial charge in [0.1, 0.15) is 11.6 Å². The lowest BCUT2D eigenvalue weighted by Crippen LogP contribution is -2.58. The number of likely N-dealkylation sites (tertiary alicyclic amines) is 2. The van der Waals surface area contributed by atoms with Crippen LogP contribution in [0.5, 0.6) is 0 Å². The number of carbonyl (C=O) groups excluding carboxylic acids is 4. The Hall–Kier alpha value is -3.21. The summed E-state index contributed by atoms with van der Waals surface area (Å²) in [5, 5.41) is 8.97. The van der Waals surface area contributed by atoms with Crippen LogP contribution in [0, 0.1) is 16.7 Å². The van der Waals surface area contributed by atoms with Gasteiger partial charge in [0.15, 0.2) is 0 Å². The second-order valence-electron chi connectivity index (χ2n) is 10.00. The molecule has 0 N–H and O–H groups in total. The van der Waals surface area contributed by atoms with E-state index in [1.165, 1.54) is 0 Å². The molecule has 2 heterocycles. The van der Waals surface area contributed by atoms with Crippen molar-refractivity contribution in [2.75, 3.05) is 19.6 Å². The highest BCUT2D eigenvalue weighted by molar-refractivity contribution is 6.35. The van der Waals surface area contributed by atoms with E-state index in [4.69, 9.17) is 10.00 Å². The Balaban J connectivity index is 1.63. The molecular formula is C25H31N3O5. The van der Waals surface area contributed by atoms with Crippen LogP contribution in [-0.4, -0.2) is 64.6 Å². The van der Waals surface area contributed by atoms with Crippen molar-refractivity contribution in [2.24, 2.45) is 5.41 Å². The molecule has 1 aromatic rings. The Labute approximate surface area is 194 Å². The predicted molar refractivity (Wildman–Crippen MR) is 120 cm³/mol. The number of ether oxygens (including phenoxy) is 1. The number of amides is 2. The summed E-state index contributed by atoms with van der Waals surface area (Å²) in [5.41, 5.74) is -0.824. The van der Waals surface area contributed by atoms with Gasteiger partial charge in [-0.1, -0.05) is 20.8 Å². The van der Waals surface area contributed by atoms with Crippen LogP contribution in [0.25, 0.3) is 0 Å². The van der Waals surface area contributed by atoms with Crippen LogP contribution in [0.4, 0.5) is 0 Å². The first kappa shape index (κ1) is 24.4. The molecule has 8 nitrogen and oxygen atoms in total. The van der Waals surface area contributed by atoms with Gasteiger partial charge in [0.2, 0.25) is 11.7 Å². The zero-order chi connectivity index (χ0) is 24.4. The summed E-state index contributed by atoms with van der Waals surface area (Å²) in [6.07, 6.45) is 1.81. The molecule has 2 aliphatic rings. The topological polar surface area (TPSA) is 108 Å². The monoisotopic (exact) mass is 453 g/mol. The number of benzene rings is 1. The second kappa shape index (κ2) is 9.34. The summed E-state index contributed by atoms with van der Waals surface area (Å²) in [6.45, 7) is 8.10. The smallest absolute Gasteiger partial charge is 0.375 e. The number of piperidine rings is 1. The third kappa shape index (κ3) is 5.08. The Morgan fingerprint density at radius 3 is 2.21 bits per heavy atom. The molecule has 8 heteroatoms. The lowest BCUT2D eigenvalue weighted by Gasteiger charge is -2.40. The molecule has 0 radical (unpaired) electrons. The fraction of sp³-hybridized carbons (Fsp3) is 0.560. The van der Waals surface area contributed by atoms with Crippen LogP contribution >= 0.6 is 0 Å². The number of esters is 1. The Bertz CT molecular complexity index is 981. The first-order valence-corrected chi connectivity index (χ1v) is 11.3. The Morgan fingerprint density at radius 1 is 1.06 bits per heavy atom. The molecule has 0 bridgehead atoms. The summed E-state index contributed by atoms with van der Waals surface area (Å²) in [4.78, 5) is 54.2. The van der Waals surface area contributed by atoms with Crippen molar-refractivity contribution in [1.82, 2.24) is 9.80 Å². The third-order valence-electron chi connectivity index (χ3n) is 6.48. The van der Waals surface area contributed by atoms with E-state index in [9.17, 15) is 19.2 Å². The van der Waals surface area contributed by atoms with E-state index >= 15 is 0 Å². The molecule has 0 spiro atoms. The molecule has 2 fully saturated rings. The summed E-state index contributed by atoms with van der Waals surface area (Å²) < 4.78 is 5.38. The van der Waals surface area contributed by atoms with Crippen LogP contribution < -0.4 is 0 Å². The highest BCUT2D eigenvalue weighted by Gasteiger charge is 2.48. The standard InChI is InChI=1S/C25H31N3O5/c1-24(2,3)20(29)22(31)33-19-10-14-27(15-11-19)23(32)25(4)12-5-13-28(25)21(30)18-8-6-17(16-26)7-9-18/h6-9,19H,5,10-15H2,1-4H3/t25-/m0/s1. The number of hydrogen-bond donors (Lipinski definition) is 0. The van der Waals surface area contributed by atoms with Crippen LogP contribution in [0.2, 0.25) is 0 Å². The zero-order valence-electron chi connectivity index (χ0n) is 19.7. The van der Waals surface area contributed by atoms with Gasteiger partial charge in [0.05, 0.1) is 11.6 Å². The van der Waals surface area contributed by atoms with Crippen molar-refractivity contribution in [2.45, 2.75) is 65.0 Å². The van der Waals surface area contributed by atoms with Gasteiger partial charge in [0, 0.05) is 43.5 Å². The summed E-state index contributed by atoms with van der Waals surface area (Å²) in [7, 11) is 0. The van der Waals surface area contributed by atoms with E-state index in [2.05, 4.69) is 0 Å². The van der Waals surface area contributed by atoms with Crippen LogP contribution in [0.3, 0.4) is 0 Å². The molecule has 0 unspecified atom stereocenters. The average Bonchev–Trinajstić information content (AvgIpc) is 3.20. The van der Waals surface area contributed by atoms with Crippen LogP contribution in [0.1, 0.15) is 69.3 Å². The maximum absolute atomic E-state index is 13.5. The summed E-state index contributed by atoms with van der Waals surface area (Å²) in [6, 6.07) is 8.45. The molecule has 0 saturated carbocycles. The van der Waals surface area contributed by atoms with Crippen molar-refractivity contribution >= 4 is 23.6 Å². The van der Waals surface area contributed by atoms with Gasteiger partial charge in [-0.25, -0.2) is 4.79 Å². The van der Waals surface area contributed by atoms with Gasteiger partial charge in [-0.15, -0.1) is 0 Å². The van der Waals surface area contributed by atoms with Gasteiger partial charge < -0.3 is 14.5 Å². The minimum atomic E-state index is -0.948. The summed E-state index contributed by atoms with van der Waals surface area (Å²) in [5.74, 6) is -1.72. The highest BCUT2D eigenvalue weighted by atomic mass is 16.5. The highest BCUT2D eigenvalue weighted by Crippen LogP contribution is 2.33. The number of nitrogens with zero attached hydrogens (tertiary/aromatic N) is 3. The fourth-order valence-corrected chi connectivity index (χ4v) is 4.38. The number of ketones is 1. The fourth-order valence-electron chi connectivity index (χ4n) is 4.38. The predicted octanol–water partition coefficient (Wildman–Crippen LogP) is 2.70. The molecule has 33 heavy (non-hydrogen) atoms. The van der Waals surface area contributed by atoms with E-state index in [1.807, 2.05) is 6.07 Å². The van der Waals surface area contributed by atoms with Crippen molar-refractivity contribution < 1.29 is 23.9 Å². The third-order valence-corrected chi connectivity index (χ3v) is 6.48. The number of carbonyl (C=O) groups is 4. The van der Waals surface area contributed by atoms with Gasteiger partial charge in [-0.3, -0.25) is 14.4 Å². The van der Waals surface area contributed by atoms with Crippen LogP contribution in [0.15, 0.2) is 24.3 Å². The van der Waals surface area contributed by atoms with Crippen molar-refractivity contribution in [3.05, 3.63) is 35.4 Å². The molecule has 2 saturated heterocycles.